The zero-order valence-electron chi connectivity index (χ0n) is 10.4. The van der Waals surface area contributed by atoms with Gasteiger partial charge >= 0.3 is 6.03 Å². The topological polar surface area (TPSA) is 54.0 Å². The zero-order chi connectivity index (χ0) is 13.7. The lowest BCUT2D eigenvalue weighted by molar-refractivity contribution is 0.249. The number of pyridine rings is 1. The molecule has 2 aromatic rings. The van der Waals surface area contributed by atoms with Crippen LogP contribution in [0, 0.1) is 0 Å². The number of rotatable bonds is 3. The molecule has 0 aliphatic carbocycles. The lowest BCUT2D eigenvalue weighted by atomic mass is 10.1. The van der Waals surface area contributed by atoms with Crippen LogP contribution in [0.1, 0.15) is 18.5 Å². The molecule has 5 heteroatoms. The third-order valence-corrected chi connectivity index (χ3v) is 3.16. The highest BCUT2D eigenvalue weighted by Gasteiger charge is 2.09. The van der Waals surface area contributed by atoms with E-state index in [-0.39, 0.29) is 12.1 Å². The molecule has 2 amide bonds. The molecule has 0 radical (unpaired) electrons. The summed E-state index contributed by atoms with van der Waals surface area (Å²) in [6.45, 7) is 1.91. The van der Waals surface area contributed by atoms with Crippen LogP contribution < -0.4 is 10.6 Å². The molecule has 1 unspecified atom stereocenters. The highest BCUT2D eigenvalue weighted by Crippen LogP contribution is 2.15. The summed E-state index contributed by atoms with van der Waals surface area (Å²) < 4.78 is 0.974. The highest BCUT2D eigenvalue weighted by molar-refractivity contribution is 9.10. The van der Waals surface area contributed by atoms with Crippen LogP contribution in [0.2, 0.25) is 0 Å². The molecule has 1 heterocycles. The fraction of sp³-hybridized carbons (Fsp3) is 0.143. The van der Waals surface area contributed by atoms with Gasteiger partial charge in [0.15, 0.2) is 0 Å². The maximum Gasteiger partial charge on any atom is 0.319 e. The smallest absolute Gasteiger partial charge is 0.319 e. The predicted octanol–water partition coefficient (Wildman–Crippen LogP) is 3.73. The van der Waals surface area contributed by atoms with Crippen LogP contribution in [0.4, 0.5) is 10.5 Å². The summed E-state index contributed by atoms with van der Waals surface area (Å²) in [6, 6.07) is 10.9. The number of aromatic nitrogens is 1. The Morgan fingerprint density at radius 3 is 2.63 bits per heavy atom. The zero-order valence-corrected chi connectivity index (χ0v) is 12.0. The average molecular weight is 320 g/mol. The van der Waals surface area contributed by atoms with E-state index in [1.807, 2.05) is 43.3 Å². The lowest BCUT2D eigenvalue weighted by Crippen LogP contribution is -2.31. The van der Waals surface area contributed by atoms with E-state index in [9.17, 15) is 4.79 Å². The predicted molar refractivity (Wildman–Crippen MR) is 78.9 cm³/mol. The maximum atomic E-state index is 11.8. The third-order valence-electron chi connectivity index (χ3n) is 2.63. The van der Waals surface area contributed by atoms with E-state index >= 15 is 0 Å². The summed E-state index contributed by atoms with van der Waals surface area (Å²) in [5, 5.41) is 5.64. The van der Waals surface area contributed by atoms with Gasteiger partial charge in [0, 0.05) is 22.6 Å². The Hall–Kier alpha value is -1.88. The summed E-state index contributed by atoms with van der Waals surface area (Å²) in [6.07, 6.45) is 3.45. The van der Waals surface area contributed by atoms with Crippen molar-refractivity contribution in [3.63, 3.8) is 0 Å². The van der Waals surface area contributed by atoms with Gasteiger partial charge in [0.2, 0.25) is 0 Å². The second-order valence-corrected chi connectivity index (χ2v) is 5.03. The first-order valence-corrected chi connectivity index (χ1v) is 6.67. The molecular weight excluding hydrogens is 306 g/mol. The van der Waals surface area contributed by atoms with Crippen LogP contribution in [0.25, 0.3) is 0 Å². The van der Waals surface area contributed by atoms with E-state index < -0.39 is 0 Å². The molecule has 19 heavy (non-hydrogen) atoms. The van der Waals surface area contributed by atoms with Gasteiger partial charge < -0.3 is 10.6 Å². The molecule has 0 spiro atoms. The van der Waals surface area contributed by atoms with Crippen LogP contribution in [0.15, 0.2) is 53.3 Å². The number of nitrogens with zero attached hydrogens (tertiary/aromatic N) is 1. The van der Waals surface area contributed by atoms with Crippen molar-refractivity contribution in [1.82, 2.24) is 10.3 Å². The van der Waals surface area contributed by atoms with Crippen LogP contribution in [0.5, 0.6) is 0 Å². The number of benzene rings is 1. The molecule has 1 aromatic heterocycles. The fourth-order valence-corrected chi connectivity index (χ4v) is 1.88. The van der Waals surface area contributed by atoms with Gasteiger partial charge in [-0.2, -0.15) is 0 Å². The average Bonchev–Trinajstić information content (AvgIpc) is 2.42. The Morgan fingerprint density at radius 2 is 2.00 bits per heavy atom. The molecule has 0 aliphatic heterocycles. The quantitative estimate of drug-likeness (QED) is 0.905. The second-order valence-electron chi connectivity index (χ2n) is 4.11. The van der Waals surface area contributed by atoms with E-state index in [1.165, 1.54) is 0 Å². The summed E-state index contributed by atoms with van der Waals surface area (Å²) >= 11 is 3.35. The molecular formula is C14H14BrN3O. The van der Waals surface area contributed by atoms with Crippen molar-refractivity contribution in [1.29, 1.82) is 0 Å². The van der Waals surface area contributed by atoms with Crippen molar-refractivity contribution >= 4 is 27.6 Å². The number of halogens is 1. The van der Waals surface area contributed by atoms with Crippen molar-refractivity contribution in [2.75, 3.05) is 5.32 Å². The third kappa shape index (κ3) is 4.06. The summed E-state index contributed by atoms with van der Waals surface area (Å²) in [5.74, 6) is 0. The SMILES string of the molecule is CC(NC(=O)Nc1ccc(Br)cc1)c1cccnc1. The van der Waals surface area contributed by atoms with E-state index in [0.717, 1.165) is 15.7 Å². The molecule has 1 aromatic carbocycles. The molecule has 0 aliphatic rings. The Labute approximate surface area is 120 Å². The first kappa shape index (κ1) is 13.5. The van der Waals surface area contributed by atoms with Crippen molar-refractivity contribution in [2.45, 2.75) is 13.0 Å². The van der Waals surface area contributed by atoms with Crippen LogP contribution >= 0.6 is 15.9 Å². The largest absolute Gasteiger partial charge is 0.331 e. The number of anilines is 1. The van der Waals surface area contributed by atoms with Crippen molar-refractivity contribution in [3.05, 3.63) is 58.8 Å². The Balaban J connectivity index is 1.93. The highest BCUT2D eigenvalue weighted by atomic mass is 79.9. The fourth-order valence-electron chi connectivity index (χ4n) is 1.61. The summed E-state index contributed by atoms with van der Waals surface area (Å²) in [5.41, 5.74) is 1.72. The van der Waals surface area contributed by atoms with Crippen LogP contribution in [-0.4, -0.2) is 11.0 Å². The number of hydrogen-bond donors (Lipinski definition) is 2. The molecule has 98 valence electrons. The molecule has 0 bridgehead atoms. The van der Waals surface area contributed by atoms with Crippen LogP contribution in [0.3, 0.4) is 0 Å². The van der Waals surface area contributed by atoms with Gasteiger partial charge in [0.1, 0.15) is 0 Å². The molecule has 0 saturated carbocycles. The Morgan fingerprint density at radius 1 is 1.26 bits per heavy atom. The van der Waals surface area contributed by atoms with Gasteiger partial charge in [-0.25, -0.2) is 4.79 Å². The van der Waals surface area contributed by atoms with Crippen LogP contribution in [-0.2, 0) is 0 Å². The van der Waals surface area contributed by atoms with Gasteiger partial charge in [-0.1, -0.05) is 22.0 Å². The maximum absolute atomic E-state index is 11.8. The molecule has 0 fully saturated rings. The Bertz CT molecular complexity index is 542. The van der Waals surface area contributed by atoms with Crippen molar-refractivity contribution < 1.29 is 4.79 Å². The van der Waals surface area contributed by atoms with Crippen molar-refractivity contribution in [2.24, 2.45) is 0 Å². The summed E-state index contributed by atoms with van der Waals surface area (Å²) in [4.78, 5) is 15.9. The number of carbonyl (C=O) groups is 1. The number of urea groups is 1. The van der Waals surface area contributed by atoms with Gasteiger partial charge in [-0.05, 0) is 42.8 Å². The molecule has 2 N–H and O–H groups in total. The minimum absolute atomic E-state index is 0.0934. The number of amides is 2. The first-order valence-electron chi connectivity index (χ1n) is 5.88. The molecule has 4 nitrogen and oxygen atoms in total. The number of nitrogens with one attached hydrogen (secondary N) is 2. The minimum atomic E-state index is -0.237. The van der Waals surface area contributed by atoms with E-state index in [1.54, 1.807) is 12.4 Å². The standard InChI is InChI=1S/C14H14BrN3O/c1-10(11-3-2-8-16-9-11)17-14(19)18-13-6-4-12(15)5-7-13/h2-10H,1H3,(H2,17,18,19). The molecule has 0 saturated heterocycles. The van der Waals surface area contributed by atoms with Gasteiger partial charge in [-0.15, -0.1) is 0 Å². The summed E-state index contributed by atoms with van der Waals surface area (Å²) in [7, 11) is 0. The monoisotopic (exact) mass is 319 g/mol. The van der Waals surface area contributed by atoms with Gasteiger partial charge in [0.25, 0.3) is 0 Å². The van der Waals surface area contributed by atoms with E-state index in [2.05, 4.69) is 31.5 Å². The number of hydrogen-bond acceptors (Lipinski definition) is 2. The Kier molecular flexibility index (Phi) is 4.52. The van der Waals surface area contributed by atoms with E-state index in [4.69, 9.17) is 0 Å². The van der Waals surface area contributed by atoms with Gasteiger partial charge in [0.05, 0.1) is 6.04 Å². The number of carbonyl (C=O) groups excluding carboxylic acids is 1. The van der Waals surface area contributed by atoms with Gasteiger partial charge in [-0.3, -0.25) is 4.98 Å². The normalized spacial score (nSPS) is 11.7. The lowest BCUT2D eigenvalue weighted by Gasteiger charge is -2.14. The van der Waals surface area contributed by atoms with E-state index in [0.29, 0.717) is 0 Å². The minimum Gasteiger partial charge on any atom is -0.331 e. The molecule has 2 rings (SSSR count). The molecule has 1 atom stereocenters. The van der Waals surface area contributed by atoms with Crippen molar-refractivity contribution in [3.8, 4) is 0 Å². The first-order chi connectivity index (χ1) is 9.15. The second kappa shape index (κ2) is 6.33.